The summed E-state index contributed by atoms with van der Waals surface area (Å²) in [6.07, 6.45) is 3.97. The lowest BCUT2D eigenvalue weighted by atomic mass is 10.1. The van der Waals surface area contributed by atoms with Gasteiger partial charge in [-0.15, -0.1) is 0 Å². The number of carbonyl (C=O) groups excluding carboxylic acids is 2. The van der Waals surface area contributed by atoms with Crippen molar-refractivity contribution >= 4 is 40.1 Å². The molecule has 0 aliphatic carbocycles. The number of anilines is 1. The van der Waals surface area contributed by atoms with Gasteiger partial charge in [0.25, 0.3) is 11.8 Å². The number of hydrogen-bond acceptors (Lipinski definition) is 5. The molecule has 0 bridgehead atoms. The van der Waals surface area contributed by atoms with E-state index in [0.717, 1.165) is 6.42 Å². The molecule has 0 fully saturated rings. The molecule has 3 aromatic heterocycles. The molecule has 170 valence electrons. The van der Waals surface area contributed by atoms with Gasteiger partial charge in [0.05, 0.1) is 34.7 Å². The van der Waals surface area contributed by atoms with Crippen molar-refractivity contribution in [3.8, 4) is 11.5 Å². The maximum absolute atomic E-state index is 13.4. The molecule has 0 aliphatic heterocycles. The molecular formula is C24H24ClN5O3. The van der Waals surface area contributed by atoms with Crippen LogP contribution in [0.15, 0.2) is 53.3 Å². The van der Waals surface area contributed by atoms with Crippen LogP contribution >= 0.6 is 11.6 Å². The van der Waals surface area contributed by atoms with Crippen LogP contribution in [0, 0.1) is 0 Å². The third-order valence-electron chi connectivity index (χ3n) is 5.08. The van der Waals surface area contributed by atoms with Gasteiger partial charge >= 0.3 is 0 Å². The first-order chi connectivity index (χ1) is 15.9. The van der Waals surface area contributed by atoms with Gasteiger partial charge in [0.15, 0.2) is 11.4 Å². The molecule has 33 heavy (non-hydrogen) atoms. The number of hydrogen-bond donors (Lipinski definition) is 2. The van der Waals surface area contributed by atoms with E-state index in [1.807, 2.05) is 20.8 Å². The number of halogens is 1. The standard InChI is InChI=1S/C24H24ClN5O3/c1-4-9-26-23(31)16-8-7-15(25)11-19(16)29-24(32)17-12-20(21-6-5-10-33-21)28-22-18(17)13-27-30(22)14(2)3/h5-8,10-14H,4,9H2,1-3H3,(H,26,31)(H,29,32). The van der Waals surface area contributed by atoms with Crippen LogP contribution in [0.4, 0.5) is 5.69 Å². The summed E-state index contributed by atoms with van der Waals surface area (Å²) in [6.45, 7) is 6.47. The molecule has 0 aliphatic rings. The molecule has 2 amide bonds. The molecule has 0 spiro atoms. The summed E-state index contributed by atoms with van der Waals surface area (Å²) in [6, 6.07) is 10.0. The van der Waals surface area contributed by atoms with E-state index in [1.54, 1.807) is 53.5 Å². The highest BCUT2D eigenvalue weighted by atomic mass is 35.5. The number of benzene rings is 1. The second kappa shape index (κ2) is 9.46. The van der Waals surface area contributed by atoms with E-state index in [4.69, 9.17) is 16.0 Å². The van der Waals surface area contributed by atoms with E-state index in [1.165, 1.54) is 0 Å². The van der Waals surface area contributed by atoms with Gasteiger partial charge < -0.3 is 15.1 Å². The quantitative estimate of drug-likeness (QED) is 0.384. The van der Waals surface area contributed by atoms with E-state index >= 15 is 0 Å². The molecule has 4 rings (SSSR count). The Morgan fingerprint density at radius 2 is 1.97 bits per heavy atom. The maximum Gasteiger partial charge on any atom is 0.256 e. The average Bonchev–Trinajstić information content (AvgIpc) is 3.47. The highest BCUT2D eigenvalue weighted by Gasteiger charge is 2.21. The van der Waals surface area contributed by atoms with Gasteiger partial charge in [-0.2, -0.15) is 5.10 Å². The molecule has 0 unspecified atom stereocenters. The zero-order valence-electron chi connectivity index (χ0n) is 18.6. The fourth-order valence-electron chi connectivity index (χ4n) is 3.48. The molecule has 8 nitrogen and oxygen atoms in total. The van der Waals surface area contributed by atoms with Gasteiger partial charge in [-0.05, 0) is 56.7 Å². The van der Waals surface area contributed by atoms with Crippen molar-refractivity contribution < 1.29 is 14.0 Å². The Bertz CT molecular complexity index is 1310. The zero-order valence-corrected chi connectivity index (χ0v) is 19.3. The second-order valence-corrected chi connectivity index (χ2v) is 8.29. The average molecular weight is 466 g/mol. The molecule has 0 saturated carbocycles. The van der Waals surface area contributed by atoms with Crippen LogP contribution in [0.2, 0.25) is 5.02 Å². The summed E-state index contributed by atoms with van der Waals surface area (Å²) in [5.41, 5.74) is 2.08. The first-order valence-electron chi connectivity index (χ1n) is 10.7. The summed E-state index contributed by atoms with van der Waals surface area (Å²) < 4.78 is 7.26. The van der Waals surface area contributed by atoms with Crippen LogP contribution in [0.1, 0.15) is 53.9 Å². The molecule has 0 atom stereocenters. The number of aromatic nitrogens is 3. The Labute approximate surface area is 195 Å². The summed E-state index contributed by atoms with van der Waals surface area (Å²) in [7, 11) is 0. The highest BCUT2D eigenvalue weighted by Crippen LogP contribution is 2.28. The monoisotopic (exact) mass is 465 g/mol. The van der Waals surface area contributed by atoms with Gasteiger partial charge in [0.1, 0.15) is 5.69 Å². The third-order valence-corrected chi connectivity index (χ3v) is 5.32. The Balaban J connectivity index is 1.78. The van der Waals surface area contributed by atoms with Gasteiger partial charge in [-0.25, -0.2) is 9.67 Å². The van der Waals surface area contributed by atoms with Gasteiger partial charge in [0.2, 0.25) is 0 Å². The van der Waals surface area contributed by atoms with Crippen molar-refractivity contribution in [3.05, 3.63) is 65.0 Å². The molecule has 0 saturated heterocycles. The predicted octanol–water partition coefficient (Wildman–Crippen LogP) is 5.32. The minimum atomic E-state index is -0.412. The fraction of sp³-hybridized carbons (Fsp3) is 0.250. The molecule has 3 heterocycles. The van der Waals surface area contributed by atoms with Gasteiger partial charge in [-0.3, -0.25) is 9.59 Å². The minimum absolute atomic E-state index is 0.0413. The predicted molar refractivity (Wildman–Crippen MR) is 128 cm³/mol. The molecule has 4 aromatic rings. The molecule has 2 N–H and O–H groups in total. The van der Waals surface area contributed by atoms with Crippen molar-refractivity contribution in [2.45, 2.75) is 33.2 Å². The van der Waals surface area contributed by atoms with Crippen molar-refractivity contribution in [3.63, 3.8) is 0 Å². The van der Waals surface area contributed by atoms with E-state index in [-0.39, 0.29) is 11.9 Å². The Morgan fingerprint density at radius 3 is 2.67 bits per heavy atom. The maximum atomic E-state index is 13.4. The topological polar surface area (TPSA) is 102 Å². The van der Waals surface area contributed by atoms with Crippen molar-refractivity contribution in [2.24, 2.45) is 0 Å². The van der Waals surface area contributed by atoms with Crippen LogP contribution in [0.3, 0.4) is 0 Å². The highest BCUT2D eigenvalue weighted by molar-refractivity contribution is 6.31. The van der Waals surface area contributed by atoms with Crippen LogP contribution in [0.5, 0.6) is 0 Å². The number of furan rings is 1. The lowest BCUT2D eigenvalue weighted by molar-refractivity contribution is 0.0954. The Morgan fingerprint density at radius 1 is 1.15 bits per heavy atom. The second-order valence-electron chi connectivity index (χ2n) is 7.85. The molecular weight excluding hydrogens is 442 g/mol. The Hall–Kier alpha value is -3.65. The van der Waals surface area contributed by atoms with Crippen LogP contribution in [-0.4, -0.2) is 33.1 Å². The van der Waals surface area contributed by atoms with Crippen LogP contribution < -0.4 is 10.6 Å². The zero-order chi connectivity index (χ0) is 23.5. The smallest absolute Gasteiger partial charge is 0.256 e. The number of nitrogens with zero attached hydrogens (tertiary/aromatic N) is 3. The van der Waals surface area contributed by atoms with Crippen molar-refractivity contribution in [1.29, 1.82) is 0 Å². The number of fused-ring (bicyclic) bond motifs is 1. The van der Waals surface area contributed by atoms with Crippen molar-refractivity contribution in [1.82, 2.24) is 20.1 Å². The normalized spacial score (nSPS) is 11.2. The van der Waals surface area contributed by atoms with E-state index < -0.39 is 5.91 Å². The number of rotatable bonds is 7. The lowest BCUT2D eigenvalue weighted by Gasteiger charge is -2.13. The summed E-state index contributed by atoms with van der Waals surface area (Å²) in [5.74, 6) is -0.164. The lowest BCUT2D eigenvalue weighted by Crippen LogP contribution is -2.26. The largest absolute Gasteiger partial charge is 0.463 e. The summed E-state index contributed by atoms with van der Waals surface area (Å²) in [5, 5.41) is 11.1. The van der Waals surface area contributed by atoms with Crippen LogP contribution in [-0.2, 0) is 0 Å². The van der Waals surface area contributed by atoms with E-state index in [0.29, 0.717) is 50.9 Å². The summed E-state index contributed by atoms with van der Waals surface area (Å²) in [4.78, 5) is 30.7. The number of carbonyl (C=O) groups is 2. The minimum Gasteiger partial charge on any atom is -0.463 e. The SMILES string of the molecule is CCCNC(=O)c1ccc(Cl)cc1NC(=O)c1cc(-c2ccco2)nc2c1cnn2C(C)C. The Kier molecular flexibility index (Phi) is 6.46. The fourth-order valence-corrected chi connectivity index (χ4v) is 3.65. The van der Waals surface area contributed by atoms with E-state index in [2.05, 4.69) is 20.7 Å². The first kappa shape index (κ1) is 22.5. The van der Waals surface area contributed by atoms with Crippen LogP contribution in [0.25, 0.3) is 22.5 Å². The number of nitrogens with one attached hydrogen (secondary N) is 2. The summed E-state index contributed by atoms with van der Waals surface area (Å²) >= 11 is 6.16. The van der Waals surface area contributed by atoms with Gasteiger partial charge in [-0.1, -0.05) is 18.5 Å². The molecule has 9 heteroatoms. The van der Waals surface area contributed by atoms with E-state index in [9.17, 15) is 9.59 Å². The molecule has 1 aromatic carbocycles. The molecule has 0 radical (unpaired) electrons. The third kappa shape index (κ3) is 4.61. The number of pyridine rings is 1. The number of amides is 2. The first-order valence-corrected chi connectivity index (χ1v) is 11.1. The van der Waals surface area contributed by atoms with Crippen molar-refractivity contribution in [2.75, 3.05) is 11.9 Å². The van der Waals surface area contributed by atoms with Gasteiger partial charge in [0, 0.05) is 17.6 Å².